The number of methoxy groups -OCH3 is 1. The van der Waals surface area contributed by atoms with Gasteiger partial charge >= 0.3 is 0 Å². The first-order valence-corrected chi connectivity index (χ1v) is 6.07. The highest BCUT2D eigenvalue weighted by atomic mass is 16.5. The van der Waals surface area contributed by atoms with E-state index in [1.54, 1.807) is 7.11 Å². The molecule has 0 bridgehead atoms. The number of nitrogens with zero attached hydrogens (tertiary/aromatic N) is 1. The highest BCUT2D eigenvalue weighted by Gasteiger charge is 2.21. The molecule has 92 valence electrons. The van der Waals surface area contributed by atoms with Gasteiger partial charge in [0.05, 0.1) is 6.61 Å². The molecule has 2 atom stereocenters. The van der Waals surface area contributed by atoms with Crippen LogP contribution in [0.25, 0.3) is 0 Å². The van der Waals surface area contributed by atoms with Crippen LogP contribution in [0.1, 0.15) is 33.1 Å². The number of nitrogens with one attached hydrogen (secondary N) is 1. The molecule has 3 heteroatoms. The fourth-order valence-electron chi connectivity index (χ4n) is 2.14. The van der Waals surface area contributed by atoms with E-state index < -0.39 is 0 Å². The van der Waals surface area contributed by atoms with Gasteiger partial charge in [-0.05, 0) is 26.9 Å². The summed E-state index contributed by atoms with van der Waals surface area (Å²) in [6.07, 6.45) is 3.66. The molecule has 0 aliphatic rings. The van der Waals surface area contributed by atoms with Crippen molar-refractivity contribution < 1.29 is 4.74 Å². The van der Waals surface area contributed by atoms with Crippen LogP contribution in [-0.2, 0) is 4.74 Å². The van der Waals surface area contributed by atoms with E-state index in [-0.39, 0.29) is 0 Å². The molecule has 0 spiro atoms. The van der Waals surface area contributed by atoms with E-state index in [4.69, 9.17) is 4.74 Å². The van der Waals surface area contributed by atoms with Crippen LogP contribution in [0.3, 0.4) is 0 Å². The van der Waals surface area contributed by atoms with Crippen LogP contribution in [0.4, 0.5) is 0 Å². The summed E-state index contributed by atoms with van der Waals surface area (Å²) in [5.41, 5.74) is 0. The lowest BCUT2D eigenvalue weighted by Gasteiger charge is -2.33. The monoisotopic (exact) mass is 216 g/mol. The Bertz CT molecular complexity index is 142. The minimum Gasteiger partial charge on any atom is -0.383 e. The smallest absolute Gasteiger partial charge is 0.0589 e. The third-order valence-corrected chi connectivity index (χ3v) is 3.07. The van der Waals surface area contributed by atoms with Crippen LogP contribution in [0.5, 0.6) is 0 Å². The summed E-state index contributed by atoms with van der Waals surface area (Å²) in [7, 11) is 6.01. The normalized spacial score (nSPS) is 15.6. The lowest BCUT2D eigenvalue weighted by Crippen LogP contribution is -2.48. The lowest BCUT2D eigenvalue weighted by molar-refractivity contribution is 0.119. The van der Waals surface area contributed by atoms with E-state index in [1.807, 2.05) is 0 Å². The standard InChI is InChI=1S/C12H28N2O/c1-6-8-11(13-3)12(7-2)14(4)9-10-15-5/h11-13H,6-10H2,1-5H3. The zero-order valence-electron chi connectivity index (χ0n) is 11.0. The van der Waals surface area contributed by atoms with Crippen molar-refractivity contribution in [3.8, 4) is 0 Å². The van der Waals surface area contributed by atoms with Crippen LogP contribution in [0.15, 0.2) is 0 Å². The maximum atomic E-state index is 5.12. The molecule has 0 aromatic heterocycles. The van der Waals surface area contributed by atoms with Gasteiger partial charge in [-0.1, -0.05) is 20.3 Å². The third kappa shape index (κ3) is 5.50. The molecule has 3 nitrogen and oxygen atoms in total. The van der Waals surface area contributed by atoms with Gasteiger partial charge in [-0.2, -0.15) is 0 Å². The highest BCUT2D eigenvalue weighted by Crippen LogP contribution is 2.11. The fourth-order valence-corrected chi connectivity index (χ4v) is 2.14. The van der Waals surface area contributed by atoms with Crippen LogP contribution in [-0.4, -0.2) is 51.3 Å². The predicted molar refractivity (Wildman–Crippen MR) is 66.3 cm³/mol. The van der Waals surface area contributed by atoms with Gasteiger partial charge in [0, 0.05) is 25.7 Å². The Morgan fingerprint density at radius 3 is 2.40 bits per heavy atom. The second-order valence-corrected chi connectivity index (χ2v) is 4.13. The van der Waals surface area contributed by atoms with Crippen molar-refractivity contribution in [2.24, 2.45) is 0 Å². The first-order valence-electron chi connectivity index (χ1n) is 6.07. The van der Waals surface area contributed by atoms with Crippen molar-refractivity contribution in [1.82, 2.24) is 10.2 Å². The van der Waals surface area contributed by atoms with E-state index in [0.29, 0.717) is 12.1 Å². The summed E-state index contributed by atoms with van der Waals surface area (Å²) in [5, 5.41) is 3.43. The molecular formula is C12H28N2O. The molecule has 0 saturated carbocycles. The number of hydrogen-bond acceptors (Lipinski definition) is 3. The van der Waals surface area contributed by atoms with Gasteiger partial charge in [-0.25, -0.2) is 0 Å². The van der Waals surface area contributed by atoms with Crippen molar-refractivity contribution in [3.63, 3.8) is 0 Å². The van der Waals surface area contributed by atoms with E-state index in [0.717, 1.165) is 13.2 Å². The summed E-state index contributed by atoms with van der Waals surface area (Å²) >= 11 is 0. The largest absolute Gasteiger partial charge is 0.383 e. The van der Waals surface area contributed by atoms with Crippen LogP contribution in [0, 0.1) is 0 Å². The Labute approximate surface area is 95.2 Å². The van der Waals surface area contributed by atoms with Gasteiger partial charge in [0.15, 0.2) is 0 Å². The van der Waals surface area contributed by atoms with E-state index in [2.05, 4.69) is 38.2 Å². The molecule has 0 radical (unpaired) electrons. The summed E-state index contributed by atoms with van der Waals surface area (Å²) in [6, 6.07) is 1.21. The Kier molecular flexibility index (Phi) is 9.06. The summed E-state index contributed by atoms with van der Waals surface area (Å²) in [6.45, 7) is 6.33. The summed E-state index contributed by atoms with van der Waals surface area (Å²) in [5.74, 6) is 0. The molecule has 0 aliphatic heterocycles. The topological polar surface area (TPSA) is 24.5 Å². The van der Waals surface area contributed by atoms with Crippen LogP contribution >= 0.6 is 0 Å². The number of hydrogen-bond donors (Lipinski definition) is 1. The number of ether oxygens (including phenoxy) is 1. The zero-order valence-corrected chi connectivity index (χ0v) is 11.0. The Morgan fingerprint density at radius 1 is 1.33 bits per heavy atom. The Balaban J connectivity index is 4.15. The van der Waals surface area contributed by atoms with Crippen molar-refractivity contribution in [2.75, 3.05) is 34.4 Å². The zero-order chi connectivity index (χ0) is 11.7. The summed E-state index contributed by atoms with van der Waals surface area (Å²) in [4.78, 5) is 2.40. The predicted octanol–water partition coefficient (Wildman–Crippen LogP) is 1.73. The molecule has 2 unspecified atom stereocenters. The second kappa shape index (κ2) is 9.13. The summed E-state index contributed by atoms with van der Waals surface area (Å²) < 4.78 is 5.12. The van der Waals surface area contributed by atoms with Gasteiger partial charge in [-0.15, -0.1) is 0 Å². The Hall–Kier alpha value is -0.120. The molecule has 15 heavy (non-hydrogen) atoms. The quantitative estimate of drug-likeness (QED) is 0.635. The molecular weight excluding hydrogens is 188 g/mol. The third-order valence-electron chi connectivity index (χ3n) is 3.07. The highest BCUT2D eigenvalue weighted by molar-refractivity contribution is 4.81. The number of likely N-dealkylation sites (N-methyl/N-ethyl adjacent to an activating group) is 2. The van der Waals surface area contributed by atoms with E-state index in [9.17, 15) is 0 Å². The molecule has 0 aromatic carbocycles. The van der Waals surface area contributed by atoms with Crippen molar-refractivity contribution in [3.05, 3.63) is 0 Å². The van der Waals surface area contributed by atoms with Gasteiger partial charge in [-0.3, -0.25) is 4.90 Å². The van der Waals surface area contributed by atoms with Gasteiger partial charge in [0.1, 0.15) is 0 Å². The maximum Gasteiger partial charge on any atom is 0.0589 e. The van der Waals surface area contributed by atoms with Crippen LogP contribution < -0.4 is 5.32 Å². The molecule has 0 aliphatic carbocycles. The average Bonchev–Trinajstić information content (AvgIpc) is 2.26. The van der Waals surface area contributed by atoms with Crippen molar-refractivity contribution in [1.29, 1.82) is 0 Å². The maximum absolute atomic E-state index is 5.12. The van der Waals surface area contributed by atoms with Crippen molar-refractivity contribution in [2.45, 2.75) is 45.2 Å². The molecule has 0 aromatic rings. The van der Waals surface area contributed by atoms with Gasteiger partial charge < -0.3 is 10.1 Å². The molecule has 0 rings (SSSR count). The molecule has 0 heterocycles. The van der Waals surface area contributed by atoms with E-state index >= 15 is 0 Å². The first-order chi connectivity index (χ1) is 7.21. The van der Waals surface area contributed by atoms with Crippen molar-refractivity contribution >= 4 is 0 Å². The van der Waals surface area contributed by atoms with Crippen LogP contribution in [0.2, 0.25) is 0 Å². The number of rotatable bonds is 9. The van der Waals surface area contributed by atoms with E-state index in [1.165, 1.54) is 19.3 Å². The minimum atomic E-state index is 0.599. The molecule has 0 amide bonds. The molecule has 0 fully saturated rings. The average molecular weight is 216 g/mol. The molecule has 1 N–H and O–H groups in total. The van der Waals surface area contributed by atoms with Gasteiger partial charge in [0.2, 0.25) is 0 Å². The second-order valence-electron chi connectivity index (χ2n) is 4.13. The fraction of sp³-hybridized carbons (Fsp3) is 1.00. The first kappa shape index (κ1) is 14.9. The molecule has 0 saturated heterocycles. The lowest BCUT2D eigenvalue weighted by atomic mass is 10.00. The Morgan fingerprint density at radius 2 is 2.00 bits per heavy atom. The van der Waals surface area contributed by atoms with Gasteiger partial charge in [0.25, 0.3) is 0 Å². The minimum absolute atomic E-state index is 0.599. The SMILES string of the molecule is CCCC(NC)C(CC)N(C)CCOC.